The average molecular weight is 481 g/mol. The third kappa shape index (κ3) is 4.00. The van der Waals surface area contributed by atoms with Crippen LogP contribution in [0, 0.1) is 52.3 Å². The van der Waals surface area contributed by atoms with Crippen LogP contribution in [0.15, 0.2) is 0 Å². The second-order valence-electron chi connectivity index (χ2n) is 12.7. The van der Waals surface area contributed by atoms with Gasteiger partial charge in [-0.3, -0.25) is 9.59 Å². The van der Waals surface area contributed by atoms with Crippen LogP contribution in [0.4, 0.5) is 4.39 Å². The fourth-order valence-electron chi connectivity index (χ4n) is 9.83. The lowest BCUT2D eigenvalue weighted by molar-refractivity contribution is -0.226. The molecule has 0 heterocycles. The van der Waals surface area contributed by atoms with Crippen LogP contribution in [-0.2, 0) is 14.3 Å². The highest BCUT2D eigenvalue weighted by atomic mass is 19.1. The van der Waals surface area contributed by atoms with Gasteiger partial charge in [-0.25, -0.2) is 4.39 Å². The Morgan fingerprint density at radius 1 is 1.09 bits per heavy atom. The van der Waals surface area contributed by atoms with Crippen LogP contribution in [0.3, 0.4) is 0 Å². The Kier molecular flexibility index (Phi) is 7.14. The number of carbonyl (C=O) groups excluding carboxylic acids is 1. The number of hydrogen-bond acceptors (Lipinski definition) is 4. The van der Waals surface area contributed by atoms with Crippen LogP contribution in [0.2, 0.25) is 0 Å². The zero-order chi connectivity index (χ0) is 25.0. The zero-order valence-corrected chi connectivity index (χ0v) is 21.6. The van der Waals surface area contributed by atoms with E-state index >= 15 is 4.39 Å². The first-order valence-electron chi connectivity index (χ1n) is 13.7. The van der Waals surface area contributed by atoms with Crippen LogP contribution in [-0.4, -0.2) is 40.5 Å². The van der Waals surface area contributed by atoms with E-state index in [1.54, 1.807) is 0 Å². The Bertz CT molecular complexity index is 787. The molecule has 0 spiro atoms. The van der Waals surface area contributed by atoms with E-state index in [1.165, 1.54) is 6.92 Å². The first kappa shape index (κ1) is 25.9. The number of carbonyl (C=O) groups is 2. The average Bonchev–Trinajstić information content (AvgIpc) is 3.12. The molecule has 2 N–H and O–H groups in total. The molecule has 4 aliphatic carbocycles. The second-order valence-corrected chi connectivity index (χ2v) is 12.7. The van der Waals surface area contributed by atoms with Gasteiger partial charge in [0.15, 0.2) is 0 Å². The molecule has 0 saturated heterocycles. The molecule has 34 heavy (non-hydrogen) atoms. The molecule has 0 aromatic heterocycles. The van der Waals surface area contributed by atoms with Crippen LogP contribution >= 0.6 is 0 Å². The predicted molar refractivity (Wildman–Crippen MR) is 128 cm³/mol. The van der Waals surface area contributed by atoms with E-state index in [9.17, 15) is 19.8 Å². The van der Waals surface area contributed by atoms with E-state index in [-0.39, 0.29) is 40.9 Å². The van der Waals surface area contributed by atoms with Crippen molar-refractivity contribution in [2.75, 3.05) is 0 Å². The van der Waals surface area contributed by atoms with Gasteiger partial charge in [-0.1, -0.05) is 34.1 Å². The summed E-state index contributed by atoms with van der Waals surface area (Å²) in [4.78, 5) is 22.8. The third-order valence-corrected chi connectivity index (χ3v) is 11.3. The largest absolute Gasteiger partial charge is 0.481 e. The Morgan fingerprint density at radius 2 is 1.74 bits per heavy atom. The number of aliphatic hydroxyl groups is 1. The summed E-state index contributed by atoms with van der Waals surface area (Å²) in [7, 11) is 0. The Morgan fingerprint density at radius 3 is 2.35 bits per heavy atom. The number of ether oxygens (including phenoxy) is 1. The molecule has 0 aromatic carbocycles. The van der Waals surface area contributed by atoms with E-state index in [2.05, 4.69) is 27.7 Å². The number of hydrogen-bond donors (Lipinski definition) is 2. The van der Waals surface area contributed by atoms with E-state index in [0.717, 1.165) is 38.5 Å². The number of aliphatic carboxylic acids is 1. The van der Waals surface area contributed by atoms with Gasteiger partial charge in [0, 0.05) is 19.3 Å². The Labute approximate surface area is 204 Å². The normalized spacial score (nSPS) is 48.9. The highest BCUT2D eigenvalue weighted by molar-refractivity contribution is 5.66. The summed E-state index contributed by atoms with van der Waals surface area (Å²) in [5.41, 5.74) is -0.0966. The summed E-state index contributed by atoms with van der Waals surface area (Å²) in [5, 5.41) is 21.0. The molecule has 1 unspecified atom stereocenters. The molecule has 0 aromatic rings. The highest BCUT2D eigenvalue weighted by Crippen LogP contribution is 2.69. The first-order valence-corrected chi connectivity index (χ1v) is 13.7. The van der Waals surface area contributed by atoms with Crippen molar-refractivity contribution < 1.29 is 28.9 Å². The summed E-state index contributed by atoms with van der Waals surface area (Å²) >= 11 is 0. The van der Waals surface area contributed by atoms with Gasteiger partial charge in [-0.2, -0.15) is 0 Å². The molecule has 6 heteroatoms. The van der Waals surface area contributed by atoms with Crippen LogP contribution in [0.5, 0.6) is 0 Å². The lowest BCUT2D eigenvalue weighted by Gasteiger charge is -2.65. The molecule has 4 saturated carbocycles. The molecule has 4 aliphatic rings. The highest BCUT2D eigenvalue weighted by Gasteiger charge is 2.67. The molecule has 0 amide bonds. The van der Waals surface area contributed by atoms with Crippen molar-refractivity contribution in [2.24, 2.45) is 52.3 Å². The maximum absolute atomic E-state index is 16.0. The predicted octanol–water partition coefficient (Wildman–Crippen LogP) is 5.63. The summed E-state index contributed by atoms with van der Waals surface area (Å²) in [5.74, 6) is 0.0844. The molecular weight excluding hydrogens is 435 g/mol. The van der Waals surface area contributed by atoms with E-state index < -0.39 is 30.3 Å². The summed E-state index contributed by atoms with van der Waals surface area (Å²) < 4.78 is 21.4. The number of carboxylic acids is 1. The van der Waals surface area contributed by atoms with Gasteiger partial charge in [0.25, 0.3) is 0 Å². The minimum atomic E-state index is -1.23. The minimum absolute atomic E-state index is 0.103. The van der Waals surface area contributed by atoms with Gasteiger partial charge in [-0.05, 0) is 91.3 Å². The number of alkyl halides is 1. The number of esters is 1. The summed E-state index contributed by atoms with van der Waals surface area (Å²) in [6.45, 7) is 10.3. The smallest absolute Gasteiger partial charge is 0.303 e. The molecular formula is C28H45FO5. The molecule has 5 nitrogen and oxygen atoms in total. The summed E-state index contributed by atoms with van der Waals surface area (Å²) in [6.07, 6.45) is 4.78. The minimum Gasteiger partial charge on any atom is -0.481 e. The maximum Gasteiger partial charge on any atom is 0.303 e. The molecule has 0 aliphatic heterocycles. The third-order valence-electron chi connectivity index (χ3n) is 11.3. The molecule has 0 bridgehead atoms. The molecule has 4 rings (SSSR count). The fraction of sp³-hybridized carbons (Fsp3) is 0.929. The summed E-state index contributed by atoms with van der Waals surface area (Å²) in [6, 6.07) is 0. The van der Waals surface area contributed by atoms with E-state index in [4.69, 9.17) is 4.74 Å². The van der Waals surface area contributed by atoms with Crippen LogP contribution < -0.4 is 0 Å². The van der Waals surface area contributed by atoms with Gasteiger partial charge < -0.3 is 14.9 Å². The molecule has 4 fully saturated rings. The lowest BCUT2D eigenvalue weighted by Crippen LogP contribution is -2.65. The van der Waals surface area contributed by atoms with Crippen molar-refractivity contribution in [2.45, 2.75) is 111 Å². The van der Waals surface area contributed by atoms with Gasteiger partial charge in [0.2, 0.25) is 0 Å². The van der Waals surface area contributed by atoms with Gasteiger partial charge >= 0.3 is 11.9 Å². The molecule has 0 radical (unpaired) electrons. The zero-order valence-electron chi connectivity index (χ0n) is 21.6. The number of aliphatic hydroxyl groups excluding tert-OH is 1. The number of fused-ring (bicyclic) bond motifs is 5. The van der Waals surface area contributed by atoms with Crippen molar-refractivity contribution in [1.82, 2.24) is 0 Å². The Hall–Kier alpha value is -1.17. The van der Waals surface area contributed by atoms with Gasteiger partial charge in [0.05, 0.1) is 6.10 Å². The standard InChI is InChI=1S/C28H45FO5/c1-6-17-24-25(29)21(34-16(3)30)12-14-28(24,5)20-11-13-27(4)18(15(2)7-10-22(31)32)8-9-19(27)23(20)26(17)33/h15,17-21,23-26,33H,6-14H2,1-5H3,(H,31,32)/t15?,17-,18-,19+,20+,21-,23+,24-,25+,26-,27-,28-/m1/s1. The second kappa shape index (κ2) is 9.37. The van der Waals surface area contributed by atoms with Crippen molar-refractivity contribution >= 4 is 11.9 Å². The lowest BCUT2D eigenvalue weighted by atomic mass is 9.41. The van der Waals surface area contributed by atoms with Gasteiger partial charge in [0.1, 0.15) is 12.3 Å². The van der Waals surface area contributed by atoms with Crippen LogP contribution in [0.25, 0.3) is 0 Å². The monoisotopic (exact) mass is 480 g/mol. The van der Waals surface area contributed by atoms with Gasteiger partial charge in [-0.15, -0.1) is 0 Å². The maximum atomic E-state index is 16.0. The first-order chi connectivity index (χ1) is 16.0. The van der Waals surface area contributed by atoms with Crippen molar-refractivity contribution in [1.29, 1.82) is 0 Å². The van der Waals surface area contributed by atoms with Crippen molar-refractivity contribution in [3.05, 3.63) is 0 Å². The quantitative estimate of drug-likeness (QED) is 0.481. The van der Waals surface area contributed by atoms with E-state index in [0.29, 0.717) is 30.6 Å². The molecule has 12 atom stereocenters. The number of halogens is 1. The van der Waals surface area contributed by atoms with E-state index in [1.807, 2.05) is 0 Å². The topological polar surface area (TPSA) is 83.8 Å². The molecule has 194 valence electrons. The SMILES string of the molecule is CC[C@H]1[C@@H](O)[C@@H]2[C@H](CC[C@]3(C)[C@@H](C(C)CCC(=O)O)CC[C@@H]23)[C@@]2(C)CC[C@@H](OC(C)=O)[C@H](F)[C@@H]12. The van der Waals surface area contributed by atoms with Crippen molar-refractivity contribution in [3.8, 4) is 0 Å². The number of rotatable bonds is 6. The van der Waals surface area contributed by atoms with Crippen LogP contribution in [0.1, 0.15) is 92.4 Å². The van der Waals surface area contributed by atoms with Crippen molar-refractivity contribution in [3.63, 3.8) is 0 Å². The Balaban J connectivity index is 1.62. The number of carboxylic acid groups (broad SMARTS) is 1. The fourth-order valence-corrected chi connectivity index (χ4v) is 9.83.